The molecule has 2 nitrogen and oxygen atoms in total. The number of hydrogen-bond acceptors (Lipinski definition) is 2. The number of hydrogen-bond donors (Lipinski definition) is 0. The van der Waals surface area contributed by atoms with Crippen molar-refractivity contribution < 1.29 is 9.53 Å². The van der Waals surface area contributed by atoms with E-state index in [2.05, 4.69) is 20.8 Å². The van der Waals surface area contributed by atoms with Gasteiger partial charge in [-0.2, -0.15) is 0 Å². The van der Waals surface area contributed by atoms with E-state index in [1.807, 2.05) is 58.0 Å². The SMILES string of the molecule is CC.CC(C)(C)C(C)(C)C(=O)OCc1ccccc1. The Bertz CT molecular complexity index is 372. The van der Waals surface area contributed by atoms with Crippen LogP contribution in [0.15, 0.2) is 30.3 Å². The smallest absolute Gasteiger partial charge is 0.312 e. The van der Waals surface area contributed by atoms with Crippen molar-refractivity contribution in [1.82, 2.24) is 0 Å². The monoisotopic (exact) mass is 264 g/mol. The third-order valence-corrected chi connectivity index (χ3v) is 3.60. The lowest BCUT2D eigenvalue weighted by Crippen LogP contribution is -2.38. The first-order valence-electron chi connectivity index (χ1n) is 6.96. The van der Waals surface area contributed by atoms with Crippen LogP contribution in [-0.2, 0) is 16.1 Å². The van der Waals surface area contributed by atoms with Crippen LogP contribution in [-0.4, -0.2) is 5.97 Å². The second-order valence-corrected chi connectivity index (χ2v) is 5.94. The molecule has 19 heavy (non-hydrogen) atoms. The van der Waals surface area contributed by atoms with Gasteiger partial charge in [-0.25, -0.2) is 0 Å². The van der Waals surface area contributed by atoms with Crippen molar-refractivity contribution in [3.05, 3.63) is 35.9 Å². The fourth-order valence-electron chi connectivity index (χ4n) is 1.21. The molecule has 0 saturated carbocycles. The van der Waals surface area contributed by atoms with Crippen LogP contribution in [0.1, 0.15) is 54.0 Å². The summed E-state index contributed by atoms with van der Waals surface area (Å²) >= 11 is 0. The first-order valence-corrected chi connectivity index (χ1v) is 6.96. The molecule has 0 aliphatic carbocycles. The van der Waals surface area contributed by atoms with E-state index < -0.39 is 5.41 Å². The van der Waals surface area contributed by atoms with Crippen LogP contribution in [0.3, 0.4) is 0 Å². The Labute approximate surface area is 118 Å². The number of ether oxygens (including phenoxy) is 1. The van der Waals surface area contributed by atoms with Gasteiger partial charge < -0.3 is 4.74 Å². The topological polar surface area (TPSA) is 26.3 Å². The maximum absolute atomic E-state index is 12.1. The lowest BCUT2D eigenvalue weighted by Gasteiger charge is -2.36. The average Bonchev–Trinajstić information content (AvgIpc) is 2.38. The molecule has 2 heteroatoms. The van der Waals surface area contributed by atoms with Crippen LogP contribution >= 0.6 is 0 Å². The summed E-state index contributed by atoms with van der Waals surface area (Å²) < 4.78 is 5.38. The Morgan fingerprint density at radius 3 is 1.89 bits per heavy atom. The summed E-state index contributed by atoms with van der Waals surface area (Å²) in [7, 11) is 0. The fourth-order valence-corrected chi connectivity index (χ4v) is 1.21. The number of carbonyl (C=O) groups is 1. The summed E-state index contributed by atoms with van der Waals surface area (Å²) in [6.07, 6.45) is 0. The summed E-state index contributed by atoms with van der Waals surface area (Å²) in [5.41, 5.74) is 0.424. The minimum absolute atomic E-state index is 0.110. The maximum Gasteiger partial charge on any atom is 0.312 e. The highest BCUT2D eigenvalue weighted by atomic mass is 16.5. The second-order valence-electron chi connectivity index (χ2n) is 5.94. The van der Waals surface area contributed by atoms with E-state index in [-0.39, 0.29) is 11.4 Å². The first-order chi connectivity index (χ1) is 8.75. The molecular formula is C17H28O2. The van der Waals surface area contributed by atoms with E-state index in [4.69, 9.17) is 4.74 Å². The molecule has 0 radical (unpaired) electrons. The zero-order valence-corrected chi connectivity index (χ0v) is 13.4. The van der Waals surface area contributed by atoms with Gasteiger partial charge >= 0.3 is 5.97 Å². The lowest BCUT2D eigenvalue weighted by molar-refractivity contribution is -0.161. The zero-order chi connectivity index (χ0) is 15.1. The molecule has 0 N–H and O–H groups in total. The van der Waals surface area contributed by atoms with E-state index in [9.17, 15) is 4.79 Å². The molecule has 1 aromatic carbocycles. The molecule has 0 saturated heterocycles. The molecule has 1 rings (SSSR count). The molecule has 1 aromatic rings. The molecule has 0 atom stereocenters. The van der Waals surface area contributed by atoms with Crippen LogP contribution in [0.5, 0.6) is 0 Å². The predicted octanol–water partition coefficient (Wildman–Crippen LogP) is 4.83. The van der Waals surface area contributed by atoms with E-state index in [1.165, 1.54) is 0 Å². The quantitative estimate of drug-likeness (QED) is 0.731. The van der Waals surface area contributed by atoms with Gasteiger partial charge in [-0.05, 0) is 24.8 Å². The van der Waals surface area contributed by atoms with Gasteiger partial charge in [0.15, 0.2) is 0 Å². The molecular weight excluding hydrogens is 236 g/mol. The highest BCUT2D eigenvalue weighted by Gasteiger charge is 2.41. The minimum atomic E-state index is -0.484. The van der Waals surface area contributed by atoms with Gasteiger partial charge in [-0.15, -0.1) is 0 Å². The highest BCUT2D eigenvalue weighted by Crippen LogP contribution is 2.38. The molecule has 0 unspecified atom stereocenters. The lowest BCUT2D eigenvalue weighted by atomic mass is 9.69. The molecule has 108 valence electrons. The van der Waals surface area contributed by atoms with Crippen molar-refractivity contribution in [2.24, 2.45) is 10.8 Å². The molecule has 0 amide bonds. The number of esters is 1. The van der Waals surface area contributed by atoms with E-state index in [0.717, 1.165) is 5.56 Å². The molecule has 0 aliphatic rings. The summed E-state index contributed by atoms with van der Waals surface area (Å²) in [5.74, 6) is -0.145. The Hall–Kier alpha value is -1.31. The molecule has 0 fully saturated rings. The van der Waals surface area contributed by atoms with E-state index >= 15 is 0 Å². The van der Waals surface area contributed by atoms with E-state index in [0.29, 0.717) is 6.61 Å². The second kappa shape index (κ2) is 7.32. The van der Waals surface area contributed by atoms with E-state index in [1.54, 1.807) is 0 Å². The van der Waals surface area contributed by atoms with Crippen molar-refractivity contribution >= 4 is 5.97 Å². The molecule has 0 heterocycles. The number of carbonyl (C=O) groups excluding carboxylic acids is 1. The van der Waals surface area contributed by atoms with Crippen LogP contribution in [0.2, 0.25) is 0 Å². The van der Waals surface area contributed by atoms with Gasteiger partial charge in [-0.3, -0.25) is 4.79 Å². The van der Waals surface area contributed by atoms with Gasteiger partial charge in [0.1, 0.15) is 6.61 Å². The molecule has 0 aliphatic heterocycles. The van der Waals surface area contributed by atoms with Gasteiger partial charge in [0, 0.05) is 0 Å². The zero-order valence-electron chi connectivity index (χ0n) is 13.4. The normalized spacial score (nSPS) is 11.3. The summed E-state index contributed by atoms with van der Waals surface area (Å²) in [6.45, 7) is 14.4. The average molecular weight is 264 g/mol. The third kappa shape index (κ3) is 5.06. The Kier molecular flexibility index (Phi) is 6.82. The van der Waals surface area contributed by atoms with Crippen molar-refractivity contribution in [2.45, 2.75) is 55.1 Å². The van der Waals surface area contributed by atoms with Gasteiger partial charge in [0.2, 0.25) is 0 Å². The summed E-state index contributed by atoms with van der Waals surface area (Å²) in [6, 6.07) is 9.75. The summed E-state index contributed by atoms with van der Waals surface area (Å²) in [5, 5.41) is 0. The largest absolute Gasteiger partial charge is 0.460 e. The molecule has 0 bridgehead atoms. The summed E-state index contributed by atoms with van der Waals surface area (Å²) in [4.78, 5) is 12.1. The standard InChI is InChI=1S/C15H22O2.C2H6/c1-14(2,3)15(4,5)13(16)17-11-12-9-7-6-8-10-12;1-2/h6-10H,11H2,1-5H3;1-2H3. The molecule has 0 aromatic heterocycles. The van der Waals surface area contributed by atoms with Crippen LogP contribution < -0.4 is 0 Å². The van der Waals surface area contributed by atoms with Crippen LogP contribution in [0, 0.1) is 10.8 Å². The van der Waals surface area contributed by atoms with Crippen molar-refractivity contribution in [1.29, 1.82) is 0 Å². The third-order valence-electron chi connectivity index (χ3n) is 3.60. The van der Waals surface area contributed by atoms with Crippen LogP contribution in [0.4, 0.5) is 0 Å². The van der Waals surface area contributed by atoms with Gasteiger partial charge in [0.05, 0.1) is 5.41 Å². The highest BCUT2D eigenvalue weighted by molar-refractivity contribution is 5.76. The maximum atomic E-state index is 12.1. The first kappa shape index (κ1) is 17.7. The Morgan fingerprint density at radius 2 is 1.47 bits per heavy atom. The van der Waals surface area contributed by atoms with Gasteiger partial charge in [0.25, 0.3) is 0 Å². The Morgan fingerprint density at radius 1 is 1.00 bits per heavy atom. The van der Waals surface area contributed by atoms with Gasteiger partial charge in [-0.1, -0.05) is 65.0 Å². The predicted molar refractivity (Wildman–Crippen MR) is 80.8 cm³/mol. The van der Waals surface area contributed by atoms with Crippen molar-refractivity contribution in [3.8, 4) is 0 Å². The van der Waals surface area contributed by atoms with Crippen molar-refractivity contribution in [3.63, 3.8) is 0 Å². The number of rotatable bonds is 3. The molecule has 0 spiro atoms. The van der Waals surface area contributed by atoms with Crippen LogP contribution in [0.25, 0.3) is 0 Å². The minimum Gasteiger partial charge on any atom is -0.460 e. The number of benzene rings is 1. The fraction of sp³-hybridized carbons (Fsp3) is 0.588. The Balaban J connectivity index is 0.00000154. The van der Waals surface area contributed by atoms with Crippen molar-refractivity contribution in [2.75, 3.05) is 0 Å².